The molecule has 128 valence electrons. The lowest BCUT2D eigenvalue weighted by atomic mass is 9.76. The van der Waals surface area contributed by atoms with Crippen molar-refractivity contribution in [2.24, 2.45) is 11.8 Å². The van der Waals surface area contributed by atoms with Gasteiger partial charge in [0.05, 0.1) is 0 Å². The highest BCUT2D eigenvalue weighted by Gasteiger charge is 2.52. The van der Waals surface area contributed by atoms with Crippen molar-refractivity contribution >= 4 is 8.88 Å². The Bertz CT molecular complexity index is 344. The topological polar surface area (TPSA) is 24.9 Å². The molecule has 0 aromatic carbocycles. The zero-order valence-corrected chi connectivity index (χ0v) is 15.6. The lowest BCUT2D eigenvalue weighted by molar-refractivity contribution is 0.0459. The Morgan fingerprint density at radius 3 is 1.95 bits per heavy atom. The van der Waals surface area contributed by atoms with E-state index in [1.165, 1.54) is 70.9 Å². The van der Waals surface area contributed by atoms with E-state index in [2.05, 4.69) is 9.13 Å². The summed E-state index contributed by atoms with van der Waals surface area (Å²) in [6.45, 7) is 4.68. The molecule has 0 radical (unpaired) electrons. The molecule has 0 aromatic heterocycles. The lowest BCUT2D eigenvalue weighted by Crippen LogP contribution is -2.71. The van der Waals surface area contributed by atoms with Crippen LogP contribution in [0, 0.1) is 11.8 Å². The summed E-state index contributed by atoms with van der Waals surface area (Å²) in [6, 6.07) is 0. The van der Waals surface area contributed by atoms with Crippen LogP contribution in [0.1, 0.15) is 57.8 Å². The maximum atomic E-state index is 6.17. The first kappa shape index (κ1) is 16.9. The summed E-state index contributed by atoms with van der Waals surface area (Å²) in [5.41, 5.74) is 0. The van der Waals surface area contributed by atoms with E-state index in [0.29, 0.717) is 0 Å². The van der Waals surface area contributed by atoms with Crippen LogP contribution in [0.25, 0.3) is 0 Å². The van der Waals surface area contributed by atoms with Crippen LogP contribution in [-0.4, -0.2) is 58.4 Å². The standard InChI is InChI=1S/C17H34N2O2Si/c1-20-22(21-2,18-12-7-3-4-8-13-18)19-14-11-16-9-5-6-10-17(16)15-19/h16-17H,3-15H2,1-2H3. The van der Waals surface area contributed by atoms with Crippen LogP contribution < -0.4 is 0 Å². The first-order valence-electron chi connectivity index (χ1n) is 9.40. The van der Waals surface area contributed by atoms with E-state index >= 15 is 0 Å². The van der Waals surface area contributed by atoms with Crippen molar-refractivity contribution < 1.29 is 8.85 Å². The van der Waals surface area contributed by atoms with Crippen LogP contribution in [0.4, 0.5) is 0 Å². The number of piperidine rings is 1. The van der Waals surface area contributed by atoms with E-state index in [1.807, 2.05) is 14.2 Å². The summed E-state index contributed by atoms with van der Waals surface area (Å²) < 4.78 is 17.6. The fourth-order valence-corrected chi connectivity index (χ4v) is 8.37. The van der Waals surface area contributed by atoms with Crippen molar-refractivity contribution in [1.29, 1.82) is 0 Å². The predicted molar refractivity (Wildman–Crippen MR) is 91.5 cm³/mol. The summed E-state index contributed by atoms with van der Waals surface area (Å²) in [4.78, 5) is 0. The molecule has 4 nitrogen and oxygen atoms in total. The summed E-state index contributed by atoms with van der Waals surface area (Å²) in [5, 5.41) is 0. The van der Waals surface area contributed by atoms with Gasteiger partial charge in [0, 0.05) is 14.2 Å². The Kier molecular flexibility index (Phi) is 5.95. The molecule has 0 bridgehead atoms. The van der Waals surface area contributed by atoms with Gasteiger partial charge in [-0.3, -0.25) is 9.13 Å². The van der Waals surface area contributed by atoms with Crippen LogP contribution in [-0.2, 0) is 8.85 Å². The Hall–Kier alpha value is 0.0569. The molecular weight excluding hydrogens is 292 g/mol. The van der Waals surface area contributed by atoms with Gasteiger partial charge < -0.3 is 8.85 Å². The zero-order chi connectivity index (χ0) is 15.4. The van der Waals surface area contributed by atoms with Crippen molar-refractivity contribution in [2.75, 3.05) is 40.4 Å². The maximum absolute atomic E-state index is 6.17. The quantitative estimate of drug-likeness (QED) is 0.741. The first-order valence-corrected chi connectivity index (χ1v) is 11.1. The number of rotatable bonds is 4. The third-order valence-electron chi connectivity index (χ3n) is 6.23. The van der Waals surface area contributed by atoms with E-state index in [1.54, 1.807) is 0 Å². The van der Waals surface area contributed by atoms with Crippen LogP contribution in [0.5, 0.6) is 0 Å². The summed E-state index contributed by atoms with van der Waals surface area (Å²) in [7, 11) is 1.38. The molecular formula is C17H34N2O2Si. The third-order valence-corrected chi connectivity index (χ3v) is 9.74. The lowest BCUT2D eigenvalue weighted by Gasteiger charge is -2.49. The molecule has 5 heteroatoms. The molecule has 0 aromatic rings. The predicted octanol–water partition coefficient (Wildman–Crippen LogP) is 3.10. The number of nitrogens with zero attached hydrogens (tertiary/aromatic N) is 2. The van der Waals surface area contributed by atoms with Crippen LogP contribution in [0.3, 0.4) is 0 Å². The minimum absolute atomic E-state index is 0.881. The Balaban J connectivity index is 1.74. The van der Waals surface area contributed by atoms with Crippen LogP contribution in [0.2, 0.25) is 0 Å². The maximum Gasteiger partial charge on any atom is 0.521 e. The van der Waals surface area contributed by atoms with Gasteiger partial charge in [-0.2, -0.15) is 0 Å². The Morgan fingerprint density at radius 2 is 1.32 bits per heavy atom. The smallest absolute Gasteiger partial charge is 0.374 e. The minimum Gasteiger partial charge on any atom is -0.374 e. The van der Waals surface area contributed by atoms with E-state index < -0.39 is 8.88 Å². The molecule has 2 atom stereocenters. The van der Waals surface area contributed by atoms with Gasteiger partial charge in [0.25, 0.3) is 0 Å². The van der Waals surface area contributed by atoms with E-state index in [0.717, 1.165) is 24.9 Å². The second-order valence-electron chi connectivity index (χ2n) is 7.40. The van der Waals surface area contributed by atoms with E-state index in [9.17, 15) is 0 Å². The highest BCUT2D eigenvalue weighted by atomic mass is 28.4. The molecule has 2 heterocycles. The first-order chi connectivity index (χ1) is 10.8. The summed E-state index contributed by atoms with van der Waals surface area (Å²) in [6.07, 6.45) is 12.4. The van der Waals surface area contributed by atoms with E-state index in [-0.39, 0.29) is 0 Å². The van der Waals surface area contributed by atoms with Gasteiger partial charge in [0.2, 0.25) is 0 Å². The zero-order valence-electron chi connectivity index (χ0n) is 14.6. The molecule has 1 saturated carbocycles. The summed E-state index contributed by atoms with van der Waals surface area (Å²) >= 11 is 0. The van der Waals surface area contributed by atoms with Gasteiger partial charge >= 0.3 is 8.88 Å². The molecule has 2 unspecified atom stereocenters. The van der Waals surface area contributed by atoms with Crippen molar-refractivity contribution in [3.63, 3.8) is 0 Å². The van der Waals surface area contributed by atoms with Gasteiger partial charge in [-0.1, -0.05) is 32.1 Å². The van der Waals surface area contributed by atoms with Crippen molar-refractivity contribution in [1.82, 2.24) is 9.13 Å². The van der Waals surface area contributed by atoms with Gasteiger partial charge in [-0.15, -0.1) is 0 Å². The highest BCUT2D eigenvalue weighted by molar-refractivity contribution is 6.61. The van der Waals surface area contributed by atoms with Crippen molar-refractivity contribution in [3.8, 4) is 0 Å². The number of fused-ring (bicyclic) bond motifs is 1. The fraction of sp³-hybridized carbons (Fsp3) is 1.00. The minimum atomic E-state index is -2.38. The average molecular weight is 327 g/mol. The number of hydrogen-bond acceptors (Lipinski definition) is 4. The number of hydrogen-bond donors (Lipinski definition) is 0. The molecule has 0 spiro atoms. The second kappa shape index (κ2) is 7.75. The molecule has 1 aliphatic carbocycles. The molecule has 2 aliphatic heterocycles. The molecule has 0 amide bonds. The molecule has 2 saturated heterocycles. The third kappa shape index (κ3) is 3.29. The van der Waals surface area contributed by atoms with Gasteiger partial charge in [0.15, 0.2) is 0 Å². The molecule has 3 fully saturated rings. The molecule has 22 heavy (non-hydrogen) atoms. The van der Waals surface area contributed by atoms with Crippen molar-refractivity contribution in [3.05, 3.63) is 0 Å². The van der Waals surface area contributed by atoms with Gasteiger partial charge in [-0.05, 0) is 63.7 Å². The second-order valence-corrected chi connectivity index (χ2v) is 10.6. The van der Waals surface area contributed by atoms with Gasteiger partial charge in [0.1, 0.15) is 0 Å². The normalized spacial score (nSPS) is 32.5. The largest absolute Gasteiger partial charge is 0.521 e. The van der Waals surface area contributed by atoms with Gasteiger partial charge in [-0.25, -0.2) is 0 Å². The van der Waals surface area contributed by atoms with Crippen LogP contribution >= 0.6 is 0 Å². The SMILES string of the molecule is CO[Si](OC)(N1CCCCCC1)N1CCC2CCCCC2C1. The van der Waals surface area contributed by atoms with E-state index in [4.69, 9.17) is 8.85 Å². The Morgan fingerprint density at radius 1 is 0.682 bits per heavy atom. The fourth-order valence-electron chi connectivity index (χ4n) is 5.01. The molecule has 3 aliphatic rings. The van der Waals surface area contributed by atoms with Crippen molar-refractivity contribution in [2.45, 2.75) is 57.8 Å². The highest BCUT2D eigenvalue weighted by Crippen LogP contribution is 2.38. The summed E-state index contributed by atoms with van der Waals surface area (Å²) in [5.74, 6) is 1.85. The molecule has 0 N–H and O–H groups in total. The average Bonchev–Trinajstić information content (AvgIpc) is 2.86. The molecule has 3 rings (SSSR count). The van der Waals surface area contributed by atoms with Crippen LogP contribution in [0.15, 0.2) is 0 Å². The monoisotopic (exact) mass is 326 g/mol. The Labute approximate surface area is 137 Å².